The van der Waals surface area contributed by atoms with Crippen LogP contribution in [0.3, 0.4) is 0 Å². The molecule has 1 saturated carbocycles. The van der Waals surface area contributed by atoms with E-state index in [2.05, 4.69) is 51.8 Å². The summed E-state index contributed by atoms with van der Waals surface area (Å²) in [6.45, 7) is 8.50. The van der Waals surface area contributed by atoms with Crippen LogP contribution in [0, 0.1) is 5.92 Å². The van der Waals surface area contributed by atoms with Crippen LogP contribution in [0.4, 0.5) is 0 Å². The van der Waals surface area contributed by atoms with Crippen LogP contribution in [0.5, 0.6) is 0 Å². The molecule has 0 saturated heterocycles. The van der Waals surface area contributed by atoms with Gasteiger partial charge in [-0.15, -0.1) is 0 Å². The number of aromatic nitrogens is 2. The van der Waals surface area contributed by atoms with Crippen LogP contribution in [0.15, 0.2) is 4.47 Å². The van der Waals surface area contributed by atoms with E-state index in [1.165, 1.54) is 41.5 Å². The molecular formula is C15H26BrN3. The Morgan fingerprint density at radius 3 is 2.63 bits per heavy atom. The van der Waals surface area contributed by atoms with Crippen molar-refractivity contribution < 1.29 is 0 Å². The van der Waals surface area contributed by atoms with E-state index in [0.717, 1.165) is 25.4 Å². The van der Waals surface area contributed by atoms with Crippen LogP contribution in [0.25, 0.3) is 0 Å². The van der Waals surface area contributed by atoms with Gasteiger partial charge in [-0.1, -0.05) is 19.8 Å². The van der Waals surface area contributed by atoms with E-state index in [9.17, 15) is 0 Å². The summed E-state index contributed by atoms with van der Waals surface area (Å²) in [5.74, 6) is 0.863. The van der Waals surface area contributed by atoms with Gasteiger partial charge in [-0.3, -0.25) is 4.68 Å². The number of rotatable bonds is 6. The Hall–Kier alpha value is -0.350. The molecule has 1 aliphatic rings. The summed E-state index contributed by atoms with van der Waals surface area (Å²) in [6.07, 6.45) is 6.59. The fourth-order valence-electron chi connectivity index (χ4n) is 3.07. The predicted octanol–water partition coefficient (Wildman–Crippen LogP) is 3.90. The molecule has 0 radical (unpaired) electrons. The standard InChI is InChI=1S/C15H26BrN3/c1-4-13-15(16)14(19(5-2)18-13)10-17-11(3)12-8-6-7-9-12/h11-12,17H,4-10H2,1-3H3/t11-/m0/s1. The van der Waals surface area contributed by atoms with Crippen LogP contribution < -0.4 is 5.32 Å². The van der Waals surface area contributed by atoms with Crippen LogP contribution in [-0.4, -0.2) is 15.8 Å². The largest absolute Gasteiger partial charge is 0.308 e. The topological polar surface area (TPSA) is 29.9 Å². The summed E-state index contributed by atoms with van der Waals surface area (Å²) >= 11 is 3.71. The lowest BCUT2D eigenvalue weighted by Crippen LogP contribution is -2.32. The van der Waals surface area contributed by atoms with Crippen molar-refractivity contribution >= 4 is 15.9 Å². The molecule has 1 heterocycles. The minimum absolute atomic E-state index is 0.611. The molecule has 0 bridgehead atoms. The Balaban J connectivity index is 1.99. The molecule has 1 fully saturated rings. The van der Waals surface area contributed by atoms with Gasteiger partial charge in [-0.05, 0) is 55.0 Å². The molecule has 108 valence electrons. The van der Waals surface area contributed by atoms with Crippen LogP contribution in [0.1, 0.15) is 57.8 Å². The molecule has 1 aliphatic carbocycles. The second-order valence-corrected chi connectivity index (χ2v) is 6.38. The van der Waals surface area contributed by atoms with Gasteiger partial charge in [0.15, 0.2) is 0 Å². The lowest BCUT2D eigenvalue weighted by Gasteiger charge is -2.20. The first-order valence-electron chi connectivity index (χ1n) is 7.64. The smallest absolute Gasteiger partial charge is 0.0767 e. The third kappa shape index (κ3) is 3.40. The quantitative estimate of drug-likeness (QED) is 0.858. The molecule has 0 aliphatic heterocycles. The first-order chi connectivity index (χ1) is 9.17. The van der Waals surface area contributed by atoms with Gasteiger partial charge < -0.3 is 5.32 Å². The predicted molar refractivity (Wildman–Crippen MR) is 83.2 cm³/mol. The monoisotopic (exact) mass is 327 g/mol. The van der Waals surface area contributed by atoms with E-state index in [1.807, 2.05) is 0 Å². The molecule has 1 aromatic rings. The molecular weight excluding hydrogens is 302 g/mol. The zero-order chi connectivity index (χ0) is 13.8. The van der Waals surface area contributed by atoms with Crippen molar-refractivity contribution in [3.8, 4) is 0 Å². The minimum atomic E-state index is 0.611. The fraction of sp³-hybridized carbons (Fsp3) is 0.800. The number of hydrogen-bond acceptors (Lipinski definition) is 2. The molecule has 1 atom stereocenters. The van der Waals surface area contributed by atoms with Gasteiger partial charge in [0.25, 0.3) is 0 Å². The van der Waals surface area contributed by atoms with Gasteiger partial charge in [-0.2, -0.15) is 5.10 Å². The van der Waals surface area contributed by atoms with Gasteiger partial charge >= 0.3 is 0 Å². The van der Waals surface area contributed by atoms with Gasteiger partial charge in [-0.25, -0.2) is 0 Å². The number of nitrogens with one attached hydrogen (secondary N) is 1. The van der Waals surface area contributed by atoms with Crippen LogP contribution in [-0.2, 0) is 19.5 Å². The average Bonchev–Trinajstić information content (AvgIpc) is 3.04. The zero-order valence-corrected chi connectivity index (χ0v) is 14.0. The number of hydrogen-bond donors (Lipinski definition) is 1. The Morgan fingerprint density at radius 1 is 1.37 bits per heavy atom. The second-order valence-electron chi connectivity index (χ2n) is 5.59. The zero-order valence-electron chi connectivity index (χ0n) is 12.4. The van der Waals surface area contributed by atoms with Gasteiger partial charge in [0.05, 0.1) is 15.9 Å². The van der Waals surface area contributed by atoms with E-state index in [4.69, 9.17) is 0 Å². The summed E-state index contributed by atoms with van der Waals surface area (Å²) in [6, 6.07) is 0.611. The molecule has 19 heavy (non-hydrogen) atoms. The van der Waals surface area contributed by atoms with Crippen molar-refractivity contribution in [3.63, 3.8) is 0 Å². The Bertz CT molecular complexity index is 408. The van der Waals surface area contributed by atoms with E-state index >= 15 is 0 Å². The lowest BCUT2D eigenvalue weighted by molar-refractivity contribution is 0.375. The molecule has 4 heteroatoms. The third-order valence-corrected chi connectivity index (χ3v) is 5.31. The Morgan fingerprint density at radius 2 is 2.05 bits per heavy atom. The van der Waals surface area contributed by atoms with E-state index in [-0.39, 0.29) is 0 Å². The summed E-state index contributed by atoms with van der Waals surface area (Å²) in [5.41, 5.74) is 2.47. The van der Waals surface area contributed by atoms with Crippen molar-refractivity contribution in [2.24, 2.45) is 5.92 Å². The number of nitrogens with zero attached hydrogens (tertiary/aromatic N) is 2. The molecule has 0 unspecified atom stereocenters. The van der Waals surface area contributed by atoms with Crippen molar-refractivity contribution in [3.05, 3.63) is 15.9 Å². The second kappa shape index (κ2) is 6.89. The summed E-state index contributed by atoms with van der Waals surface area (Å²) in [5, 5.41) is 8.35. The van der Waals surface area contributed by atoms with Crippen LogP contribution >= 0.6 is 15.9 Å². The average molecular weight is 328 g/mol. The van der Waals surface area contributed by atoms with Crippen molar-refractivity contribution in [2.75, 3.05) is 0 Å². The maximum atomic E-state index is 4.65. The van der Waals surface area contributed by atoms with Gasteiger partial charge in [0.2, 0.25) is 0 Å². The third-order valence-electron chi connectivity index (χ3n) is 4.39. The Kier molecular flexibility index (Phi) is 5.46. The van der Waals surface area contributed by atoms with Crippen molar-refractivity contribution in [1.82, 2.24) is 15.1 Å². The number of aryl methyl sites for hydroxylation is 2. The highest BCUT2D eigenvalue weighted by atomic mass is 79.9. The van der Waals surface area contributed by atoms with Crippen LogP contribution in [0.2, 0.25) is 0 Å². The van der Waals surface area contributed by atoms with Gasteiger partial charge in [0, 0.05) is 19.1 Å². The van der Waals surface area contributed by atoms with E-state index in [1.54, 1.807) is 0 Å². The molecule has 3 nitrogen and oxygen atoms in total. The minimum Gasteiger partial charge on any atom is -0.308 e. The SMILES string of the molecule is CCc1nn(CC)c(CN[C@@H](C)C2CCCC2)c1Br. The van der Waals surface area contributed by atoms with Crippen molar-refractivity contribution in [2.45, 2.75) is 72.0 Å². The van der Waals surface area contributed by atoms with E-state index in [0.29, 0.717) is 6.04 Å². The highest BCUT2D eigenvalue weighted by Crippen LogP contribution is 2.28. The molecule has 0 spiro atoms. The molecule has 2 rings (SSSR count). The molecule has 0 aromatic carbocycles. The molecule has 1 N–H and O–H groups in total. The highest BCUT2D eigenvalue weighted by molar-refractivity contribution is 9.10. The highest BCUT2D eigenvalue weighted by Gasteiger charge is 2.22. The van der Waals surface area contributed by atoms with Gasteiger partial charge in [0.1, 0.15) is 0 Å². The Labute approximate surface area is 125 Å². The molecule has 0 amide bonds. The first-order valence-corrected chi connectivity index (χ1v) is 8.44. The normalized spacial score (nSPS) is 18.1. The van der Waals surface area contributed by atoms with E-state index < -0.39 is 0 Å². The van der Waals surface area contributed by atoms with Crippen molar-refractivity contribution in [1.29, 1.82) is 0 Å². The number of halogens is 1. The molecule has 1 aromatic heterocycles. The lowest BCUT2D eigenvalue weighted by atomic mass is 10.00. The summed E-state index contributed by atoms with van der Waals surface area (Å²) < 4.78 is 3.32. The maximum absolute atomic E-state index is 4.65. The fourth-order valence-corrected chi connectivity index (χ4v) is 3.77. The summed E-state index contributed by atoms with van der Waals surface area (Å²) in [7, 11) is 0. The summed E-state index contributed by atoms with van der Waals surface area (Å²) in [4.78, 5) is 0. The maximum Gasteiger partial charge on any atom is 0.0767 e. The first kappa shape index (κ1) is 15.0.